The molecular formula is C13H18ClN3O2. The summed E-state index contributed by atoms with van der Waals surface area (Å²) in [5.41, 5.74) is 6.54. The van der Waals surface area contributed by atoms with Crippen LogP contribution < -0.4 is 11.1 Å². The number of anilines is 1. The maximum Gasteiger partial charge on any atom is 0.407 e. The van der Waals surface area contributed by atoms with E-state index in [4.69, 9.17) is 22.1 Å². The van der Waals surface area contributed by atoms with Gasteiger partial charge in [-0.15, -0.1) is 0 Å². The molecule has 1 heterocycles. The summed E-state index contributed by atoms with van der Waals surface area (Å²) >= 11 is 5.69. The number of carbonyl (C=O) groups excluding carboxylic acids is 1. The molecule has 0 fully saturated rings. The Morgan fingerprint density at radius 2 is 2.26 bits per heavy atom. The lowest BCUT2D eigenvalue weighted by molar-refractivity contribution is 0.0534. The van der Waals surface area contributed by atoms with Gasteiger partial charge in [-0.3, -0.25) is 0 Å². The Morgan fingerprint density at radius 3 is 2.84 bits per heavy atom. The molecule has 5 nitrogen and oxygen atoms in total. The first-order valence-corrected chi connectivity index (χ1v) is 6.20. The van der Waals surface area contributed by atoms with E-state index in [0.29, 0.717) is 17.4 Å². The lowest BCUT2D eigenvalue weighted by atomic mass is 10.2. The van der Waals surface area contributed by atoms with Gasteiger partial charge in [-0.1, -0.05) is 23.8 Å². The van der Waals surface area contributed by atoms with Gasteiger partial charge in [-0.25, -0.2) is 9.78 Å². The predicted octanol–water partition coefficient (Wildman–Crippen LogP) is 2.86. The van der Waals surface area contributed by atoms with Gasteiger partial charge < -0.3 is 15.8 Å². The van der Waals surface area contributed by atoms with Crippen molar-refractivity contribution in [1.82, 2.24) is 10.3 Å². The Labute approximate surface area is 117 Å². The molecule has 0 saturated heterocycles. The molecule has 0 aliphatic rings. The van der Waals surface area contributed by atoms with Crippen LogP contribution in [0.15, 0.2) is 18.3 Å². The van der Waals surface area contributed by atoms with E-state index in [1.54, 1.807) is 24.4 Å². The number of alkyl carbamates (subject to hydrolysis) is 1. The number of amides is 1. The zero-order valence-corrected chi connectivity index (χ0v) is 12.0. The summed E-state index contributed by atoms with van der Waals surface area (Å²) < 4.78 is 5.09. The zero-order chi connectivity index (χ0) is 14.5. The van der Waals surface area contributed by atoms with E-state index in [-0.39, 0.29) is 0 Å². The van der Waals surface area contributed by atoms with Gasteiger partial charge in [0, 0.05) is 24.0 Å². The van der Waals surface area contributed by atoms with Crippen molar-refractivity contribution < 1.29 is 9.53 Å². The summed E-state index contributed by atoms with van der Waals surface area (Å²) in [4.78, 5) is 15.3. The number of carbonyl (C=O) groups is 1. The van der Waals surface area contributed by atoms with E-state index >= 15 is 0 Å². The lowest BCUT2D eigenvalue weighted by Gasteiger charge is -2.19. The van der Waals surface area contributed by atoms with E-state index in [1.807, 2.05) is 20.8 Å². The van der Waals surface area contributed by atoms with Gasteiger partial charge in [0.15, 0.2) is 0 Å². The number of nitrogen functional groups attached to an aromatic ring is 1. The predicted molar refractivity (Wildman–Crippen MR) is 76.9 cm³/mol. The number of halogens is 1. The van der Waals surface area contributed by atoms with Crippen LogP contribution in [-0.4, -0.2) is 23.2 Å². The molecule has 0 bridgehead atoms. The molecular weight excluding hydrogens is 266 g/mol. The molecule has 0 aromatic carbocycles. The smallest absolute Gasteiger partial charge is 0.407 e. The van der Waals surface area contributed by atoms with Crippen LogP contribution >= 0.6 is 11.6 Å². The van der Waals surface area contributed by atoms with Crippen molar-refractivity contribution in [3.63, 3.8) is 0 Å². The Kier molecular flexibility index (Phi) is 5.18. The number of nitrogens with zero attached hydrogens (tertiary/aromatic N) is 1. The summed E-state index contributed by atoms with van der Waals surface area (Å²) in [5.74, 6) is 0. The van der Waals surface area contributed by atoms with E-state index in [1.165, 1.54) is 0 Å². The van der Waals surface area contributed by atoms with Crippen molar-refractivity contribution in [1.29, 1.82) is 0 Å². The third kappa shape index (κ3) is 6.10. The van der Waals surface area contributed by atoms with E-state index in [2.05, 4.69) is 10.3 Å². The standard InChI is InChI=1S/C13H18ClN3O2/c1-13(2,3)19-12(18)16-6-4-5-9-8-17-11(14)7-10(9)15/h4-5,7-8H,6H2,1-3H3,(H2,15,17)(H,16,18). The molecule has 19 heavy (non-hydrogen) atoms. The molecule has 3 N–H and O–H groups in total. The maximum atomic E-state index is 11.4. The summed E-state index contributed by atoms with van der Waals surface area (Å²) in [7, 11) is 0. The highest BCUT2D eigenvalue weighted by Gasteiger charge is 2.14. The fraction of sp³-hybridized carbons (Fsp3) is 0.385. The van der Waals surface area contributed by atoms with Gasteiger partial charge >= 0.3 is 6.09 Å². The van der Waals surface area contributed by atoms with Crippen molar-refractivity contribution in [3.05, 3.63) is 29.1 Å². The minimum atomic E-state index is -0.502. The van der Waals surface area contributed by atoms with Crippen LogP contribution in [0.25, 0.3) is 6.08 Å². The minimum Gasteiger partial charge on any atom is -0.444 e. The highest BCUT2D eigenvalue weighted by molar-refractivity contribution is 6.29. The molecule has 0 unspecified atom stereocenters. The maximum absolute atomic E-state index is 11.4. The second-order valence-electron chi connectivity index (χ2n) is 4.92. The number of ether oxygens (including phenoxy) is 1. The van der Waals surface area contributed by atoms with Crippen LogP contribution in [0.4, 0.5) is 10.5 Å². The van der Waals surface area contributed by atoms with Crippen LogP contribution in [0, 0.1) is 0 Å². The average Bonchev–Trinajstić information content (AvgIpc) is 2.24. The van der Waals surface area contributed by atoms with Crippen molar-refractivity contribution in [2.75, 3.05) is 12.3 Å². The molecule has 0 saturated carbocycles. The van der Waals surface area contributed by atoms with Crippen molar-refractivity contribution >= 4 is 29.5 Å². The van der Waals surface area contributed by atoms with E-state index < -0.39 is 11.7 Å². The Hall–Kier alpha value is -1.75. The van der Waals surface area contributed by atoms with Crippen molar-refractivity contribution in [2.45, 2.75) is 26.4 Å². The molecule has 0 radical (unpaired) electrons. The largest absolute Gasteiger partial charge is 0.444 e. The van der Waals surface area contributed by atoms with Crippen LogP contribution in [-0.2, 0) is 4.74 Å². The molecule has 0 atom stereocenters. The number of rotatable bonds is 3. The molecule has 1 amide bonds. The van der Waals surface area contributed by atoms with Gasteiger partial charge in [0.05, 0.1) is 0 Å². The number of pyridine rings is 1. The Balaban J connectivity index is 2.44. The molecule has 104 valence electrons. The van der Waals surface area contributed by atoms with E-state index in [9.17, 15) is 4.79 Å². The molecule has 6 heteroatoms. The number of aromatic nitrogens is 1. The monoisotopic (exact) mass is 283 g/mol. The fourth-order valence-electron chi connectivity index (χ4n) is 1.24. The van der Waals surface area contributed by atoms with Gasteiger partial charge in [0.1, 0.15) is 10.8 Å². The molecule has 1 aromatic rings. The van der Waals surface area contributed by atoms with E-state index in [0.717, 1.165) is 5.56 Å². The summed E-state index contributed by atoms with van der Waals surface area (Å²) in [6.07, 6.45) is 4.63. The fourth-order valence-corrected chi connectivity index (χ4v) is 1.40. The number of nitrogens with two attached hydrogens (primary N) is 1. The third-order valence-corrected chi connectivity index (χ3v) is 2.20. The van der Waals surface area contributed by atoms with Crippen molar-refractivity contribution in [3.8, 4) is 0 Å². The Morgan fingerprint density at radius 1 is 1.58 bits per heavy atom. The first kappa shape index (κ1) is 15.3. The van der Waals surface area contributed by atoms with Gasteiger partial charge in [0.2, 0.25) is 0 Å². The van der Waals surface area contributed by atoms with Crippen LogP contribution in [0.3, 0.4) is 0 Å². The molecule has 0 spiro atoms. The van der Waals surface area contributed by atoms with Crippen LogP contribution in [0.5, 0.6) is 0 Å². The second kappa shape index (κ2) is 6.43. The highest BCUT2D eigenvalue weighted by atomic mass is 35.5. The van der Waals surface area contributed by atoms with Crippen LogP contribution in [0.1, 0.15) is 26.3 Å². The van der Waals surface area contributed by atoms with Gasteiger partial charge in [0.25, 0.3) is 0 Å². The number of nitrogens with one attached hydrogen (secondary N) is 1. The van der Waals surface area contributed by atoms with Crippen LogP contribution in [0.2, 0.25) is 5.15 Å². The van der Waals surface area contributed by atoms with Gasteiger partial charge in [-0.05, 0) is 26.8 Å². The second-order valence-corrected chi connectivity index (χ2v) is 5.31. The molecule has 0 aliphatic heterocycles. The zero-order valence-electron chi connectivity index (χ0n) is 11.2. The highest BCUT2D eigenvalue weighted by Crippen LogP contribution is 2.16. The lowest BCUT2D eigenvalue weighted by Crippen LogP contribution is -2.32. The summed E-state index contributed by atoms with van der Waals surface area (Å²) in [5, 5.41) is 2.95. The quantitative estimate of drug-likeness (QED) is 0.836. The van der Waals surface area contributed by atoms with Gasteiger partial charge in [-0.2, -0.15) is 0 Å². The third-order valence-electron chi connectivity index (χ3n) is 2.00. The number of hydrogen-bond acceptors (Lipinski definition) is 4. The summed E-state index contributed by atoms with van der Waals surface area (Å²) in [6, 6.07) is 1.57. The normalized spacial score (nSPS) is 11.6. The minimum absolute atomic E-state index is 0.344. The Bertz CT molecular complexity index is 481. The molecule has 0 aliphatic carbocycles. The first-order valence-electron chi connectivity index (χ1n) is 5.82. The average molecular weight is 284 g/mol. The number of hydrogen-bond donors (Lipinski definition) is 2. The SMILES string of the molecule is CC(C)(C)OC(=O)NCC=Cc1cnc(Cl)cc1N. The summed E-state index contributed by atoms with van der Waals surface area (Å²) in [6.45, 7) is 5.77. The molecule has 1 aromatic heterocycles. The topological polar surface area (TPSA) is 77.2 Å². The molecule has 1 rings (SSSR count). The first-order chi connectivity index (χ1) is 8.78. The van der Waals surface area contributed by atoms with Crippen molar-refractivity contribution in [2.24, 2.45) is 0 Å².